The molecular weight excluding hydrogens is 678 g/mol. The van der Waals surface area contributed by atoms with E-state index >= 15 is 0 Å². The van der Waals surface area contributed by atoms with Crippen molar-refractivity contribution in [3.05, 3.63) is 146 Å². The quantitative estimate of drug-likeness (QED) is 0.145. The van der Waals surface area contributed by atoms with Crippen molar-refractivity contribution < 1.29 is 9.47 Å². The first-order chi connectivity index (χ1) is 25.8. The standard InChI is InChI=1S/C42H24B2N4O2S2/c1-5-17-33-27(11-1)45-31-15-9-21-39-41(31)47(29-13-3-7-19-37(29)51-39)43(45)25-23-36-26(24-35(25)49-33)44-46(28-12-2-6-18-34(28)50-36)32-16-10-22-40-42(32)48(44)30-14-4-8-20-38(30)52-40/h1-24H. The third-order valence-electron chi connectivity index (χ3n) is 11.0. The topological polar surface area (TPSA) is 31.4 Å². The fourth-order valence-corrected chi connectivity index (χ4v) is 11.2. The normalized spacial score (nSPS) is 15.6. The lowest BCUT2D eigenvalue weighted by atomic mass is 9.60. The first kappa shape index (κ1) is 27.8. The Hall–Kier alpha value is -5.83. The second-order valence-corrected chi connectivity index (χ2v) is 15.8. The SMILES string of the molecule is c1ccc2c(c1)Oc1cc3c(cc1B1N2c2cccc4c2N1c1ccccc1S4)Oc1ccccc1N1B3N2c3ccccc3Sc3cccc1c32. The highest BCUT2D eigenvalue weighted by Gasteiger charge is 2.54. The lowest BCUT2D eigenvalue weighted by Gasteiger charge is -2.34. The Morgan fingerprint density at radius 2 is 0.731 bits per heavy atom. The molecule has 0 fully saturated rings. The molecule has 0 aliphatic carbocycles. The van der Waals surface area contributed by atoms with Crippen LogP contribution in [0.1, 0.15) is 0 Å². The summed E-state index contributed by atoms with van der Waals surface area (Å²) in [6, 6.07) is 52.3. The smallest absolute Gasteiger partial charge is 0.424 e. The fourth-order valence-electron chi connectivity index (χ4n) is 9.00. The summed E-state index contributed by atoms with van der Waals surface area (Å²) >= 11 is 3.69. The first-order valence-electron chi connectivity index (χ1n) is 17.5. The van der Waals surface area contributed by atoms with Crippen molar-refractivity contribution in [3.63, 3.8) is 0 Å². The molecule has 6 nitrogen and oxygen atoms in total. The molecular formula is C42H24B2N4O2S2. The molecule has 0 aromatic heterocycles. The van der Waals surface area contributed by atoms with Gasteiger partial charge in [-0.05, 0) is 84.9 Å². The predicted octanol–water partition coefficient (Wildman–Crippen LogP) is 10.2. The van der Waals surface area contributed by atoms with Gasteiger partial charge in [0.2, 0.25) is 0 Å². The van der Waals surface area contributed by atoms with E-state index in [-0.39, 0.29) is 14.0 Å². The van der Waals surface area contributed by atoms with E-state index in [9.17, 15) is 0 Å². The van der Waals surface area contributed by atoms with Crippen molar-refractivity contribution in [2.24, 2.45) is 0 Å². The fraction of sp³-hybridized carbons (Fsp3) is 0. The second kappa shape index (κ2) is 9.94. The van der Waals surface area contributed by atoms with Gasteiger partial charge in [-0.1, -0.05) is 84.2 Å². The third-order valence-corrected chi connectivity index (χ3v) is 13.2. The maximum atomic E-state index is 7.10. The summed E-state index contributed by atoms with van der Waals surface area (Å²) in [5.41, 5.74) is 11.4. The van der Waals surface area contributed by atoms with Crippen LogP contribution in [-0.2, 0) is 0 Å². The Bertz CT molecular complexity index is 2560. The van der Waals surface area contributed by atoms with Gasteiger partial charge >= 0.3 is 14.0 Å². The number of fused-ring (bicyclic) bond motifs is 18. The Morgan fingerprint density at radius 3 is 1.21 bits per heavy atom. The average molecular weight is 702 g/mol. The largest absolute Gasteiger partial charge is 0.456 e. The van der Waals surface area contributed by atoms with Gasteiger partial charge in [0.1, 0.15) is 23.0 Å². The van der Waals surface area contributed by atoms with Gasteiger partial charge in [0, 0.05) is 41.9 Å². The van der Waals surface area contributed by atoms with Crippen molar-refractivity contribution in [1.82, 2.24) is 0 Å². The second-order valence-electron chi connectivity index (χ2n) is 13.7. The van der Waals surface area contributed by atoms with Crippen molar-refractivity contribution in [2.75, 3.05) is 19.2 Å². The molecule has 6 heterocycles. The summed E-state index contributed by atoms with van der Waals surface area (Å²) in [5, 5.41) is 0. The lowest BCUT2D eigenvalue weighted by Crippen LogP contribution is -2.55. The van der Waals surface area contributed by atoms with Gasteiger partial charge in [0.25, 0.3) is 0 Å². The number of benzene rings is 7. The Kier molecular flexibility index (Phi) is 5.32. The van der Waals surface area contributed by atoms with E-state index in [1.165, 1.54) is 53.7 Å². The van der Waals surface area contributed by atoms with Crippen LogP contribution in [0.15, 0.2) is 165 Å². The summed E-state index contributed by atoms with van der Waals surface area (Å²) < 4.78 is 14.2. The molecule has 0 saturated carbocycles. The van der Waals surface area contributed by atoms with Crippen molar-refractivity contribution in [1.29, 1.82) is 0 Å². The number of hydrogen-bond acceptors (Lipinski definition) is 8. The molecule has 0 atom stereocenters. The van der Waals surface area contributed by atoms with Crippen LogP contribution in [0.4, 0.5) is 45.5 Å². The zero-order valence-electron chi connectivity index (χ0n) is 27.4. The summed E-state index contributed by atoms with van der Waals surface area (Å²) in [5.74, 6) is 3.32. The van der Waals surface area contributed by atoms with E-state index in [1.807, 2.05) is 23.5 Å². The maximum absolute atomic E-state index is 7.10. The van der Waals surface area contributed by atoms with E-state index < -0.39 is 0 Å². The highest BCUT2D eigenvalue weighted by atomic mass is 32.2. The minimum Gasteiger partial charge on any atom is -0.456 e. The average Bonchev–Trinajstić information content (AvgIpc) is 3.62. The van der Waals surface area contributed by atoms with Gasteiger partial charge in [0.05, 0.1) is 34.1 Å². The lowest BCUT2D eigenvalue weighted by molar-refractivity contribution is 0.479. The molecule has 0 spiro atoms. The van der Waals surface area contributed by atoms with Crippen LogP contribution in [0.3, 0.4) is 0 Å². The Morgan fingerprint density at radius 1 is 0.346 bits per heavy atom. The minimum atomic E-state index is -0.208. The molecule has 0 saturated heterocycles. The summed E-state index contributed by atoms with van der Waals surface area (Å²) in [7, 11) is 0. The van der Waals surface area contributed by atoms with E-state index in [4.69, 9.17) is 9.47 Å². The van der Waals surface area contributed by atoms with Gasteiger partial charge < -0.3 is 28.7 Å². The minimum absolute atomic E-state index is 0.208. The number of anilines is 8. The van der Waals surface area contributed by atoms with E-state index in [1.54, 1.807) is 0 Å². The zero-order valence-corrected chi connectivity index (χ0v) is 29.1. The summed E-state index contributed by atoms with van der Waals surface area (Å²) in [6.45, 7) is -0.417. The number of nitrogens with zero attached hydrogens (tertiary/aromatic N) is 4. The highest BCUT2D eigenvalue weighted by molar-refractivity contribution is 8.00. The monoisotopic (exact) mass is 702 g/mol. The zero-order chi connectivity index (χ0) is 33.7. The van der Waals surface area contributed by atoms with Crippen LogP contribution >= 0.6 is 23.5 Å². The van der Waals surface area contributed by atoms with Crippen molar-refractivity contribution in [3.8, 4) is 23.0 Å². The van der Waals surface area contributed by atoms with Gasteiger partial charge in [0.15, 0.2) is 0 Å². The molecule has 0 amide bonds. The molecule has 10 heteroatoms. The number of para-hydroxylation sites is 8. The van der Waals surface area contributed by atoms with E-state index in [0.29, 0.717) is 0 Å². The Labute approximate surface area is 309 Å². The first-order valence-corrected chi connectivity index (χ1v) is 19.1. The molecule has 0 N–H and O–H groups in total. The Balaban J connectivity index is 1.10. The van der Waals surface area contributed by atoms with Gasteiger partial charge in [-0.25, -0.2) is 0 Å². The molecule has 52 heavy (non-hydrogen) atoms. The molecule has 0 bridgehead atoms. The number of ether oxygens (including phenoxy) is 2. The molecule has 7 aromatic rings. The van der Waals surface area contributed by atoms with Gasteiger partial charge in [-0.15, -0.1) is 0 Å². The number of rotatable bonds is 0. The van der Waals surface area contributed by atoms with E-state index in [2.05, 4.69) is 165 Å². The molecule has 6 aliphatic rings. The van der Waals surface area contributed by atoms with Gasteiger partial charge in [-0.3, -0.25) is 0 Å². The van der Waals surface area contributed by atoms with Crippen LogP contribution in [0.5, 0.6) is 23.0 Å². The highest BCUT2D eigenvalue weighted by Crippen LogP contribution is 2.61. The summed E-state index contributed by atoms with van der Waals surface area (Å²) in [4.78, 5) is 14.9. The maximum Gasteiger partial charge on any atom is 0.424 e. The number of hydrogen-bond donors (Lipinski definition) is 0. The van der Waals surface area contributed by atoms with Crippen LogP contribution in [0.2, 0.25) is 0 Å². The molecule has 242 valence electrons. The molecule has 13 rings (SSSR count). The molecule has 7 aromatic carbocycles. The van der Waals surface area contributed by atoms with E-state index in [0.717, 1.165) is 45.3 Å². The van der Waals surface area contributed by atoms with Crippen LogP contribution in [0, 0.1) is 0 Å². The molecule has 0 unspecified atom stereocenters. The van der Waals surface area contributed by atoms with Gasteiger partial charge in [-0.2, -0.15) is 0 Å². The van der Waals surface area contributed by atoms with Crippen molar-refractivity contribution in [2.45, 2.75) is 19.6 Å². The van der Waals surface area contributed by atoms with Crippen LogP contribution in [0.25, 0.3) is 0 Å². The van der Waals surface area contributed by atoms with Crippen LogP contribution in [-0.4, -0.2) is 14.0 Å². The third kappa shape index (κ3) is 3.46. The van der Waals surface area contributed by atoms with Crippen molar-refractivity contribution >= 4 is 93.9 Å². The molecule has 0 radical (unpaired) electrons. The molecule has 6 aliphatic heterocycles. The predicted molar refractivity (Wildman–Crippen MR) is 213 cm³/mol. The van der Waals surface area contributed by atoms with Crippen LogP contribution < -0.4 is 39.6 Å². The summed E-state index contributed by atoms with van der Waals surface area (Å²) in [6.07, 6.45) is 0.